The number of nitrogens with zero attached hydrogens (tertiary/aromatic N) is 1. The zero-order valence-electron chi connectivity index (χ0n) is 12.2. The Kier molecular flexibility index (Phi) is 3.91. The van der Waals surface area contributed by atoms with Gasteiger partial charge in [-0.3, -0.25) is 4.79 Å². The fourth-order valence-electron chi connectivity index (χ4n) is 2.98. The van der Waals surface area contributed by atoms with E-state index in [1.54, 1.807) is 17.0 Å². The summed E-state index contributed by atoms with van der Waals surface area (Å²) < 4.78 is 23.3. The van der Waals surface area contributed by atoms with Crippen molar-refractivity contribution in [1.29, 1.82) is 0 Å². The maximum Gasteiger partial charge on any atom is 0.270 e. The van der Waals surface area contributed by atoms with Crippen molar-refractivity contribution in [2.24, 2.45) is 0 Å². The number of rotatable bonds is 3. The number of halogens is 1. The first-order chi connectivity index (χ1) is 10.4. The fourth-order valence-corrected chi connectivity index (χ4v) is 4.94. The molecule has 2 aromatic rings. The number of amides is 1. The van der Waals surface area contributed by atoms with Crippen LogP contribution < -0.4 is 0 Å². The van der Waals surface area contributed by atoms with Crippen LogP contribution in [0.1, 0.15) is 23.8 Å². The van der Waals surface area contributed by atoms with Crippen LogP contribution in [0, 0.1) is 0 Å². The molecule has 7 heteroatoms. The summed E-state index contributed by atoms with van der Waals surface area (Å²) in [5.41, 5.74) is 1.24. The van der Waals surface area contributed by atoms with Crippen molar-refractivity contribution >= 4 is 38.2 Å². The summed E-state index contributed by atoms with van der Waals surface area (Å²) >= 11 is 6.13. The molecule has 1 amide bonds. The van der Waals surface area contributed by atoms with E-state index >= 15 is 0 Å². The summed E-state index contributed by atoms with van der Waals surface area (Å²) in [5.74, 6) is 0.0185. The lowest BCUT2D eigenvalue weighted by Crippen LogP contribution is -2.41. The Labute approximate surface area is 134 Å². The summed E-state index contributed by atoms with van der Waals surface area (Å²) in [6.45, 7) is 2.33. The highest BCUT2D eigenvalue weighted by molar-refractivity contribution is 7.91. The normalized spacial score (nSPS) is 20.4. The molecule has 1 fully saturated rings. The van der Waals surface area contributed by atoms with Crippen molar-refractivity contribution < 1.29 is 13.2 Å². The Morgan fingerprint density at radius 3 is 2.82 bits per heavy atom. The first-order valence-electron chi connectivity index (χ1n) is 7.20. The molecule has 1 atom stereocenters. The highest BCUT2D eigenvalue weighted by Gasteiger charge is 2.34. The molecule has 3 rings (SSSR count). The minimum absolute atomic E-state index is 0.0492. The Morgan fingerprint density at radius 1 is 1.45 bits per heavy atom. The largest absolute Gasteiger partial charge is 0.350 e. The maximum atomic E-state index is 12.7. The predicted molar refractivity (Wildman–Crippen MR) is 87.1 cm³/mol. The van der Waals surface area contributed by atoms with Gasteiger partial charge in [-0.2, -0.15) is 0 Å². The second kappa shape index (κ2) is 5.59. The average Bonchev–Trinajstić information content (AvgIpc) is 3.04. The number of fused-ring (bicyclic) bond motifs is 1. The molecule has 1 aromatic heterocycles. The average molecular weight is 341 g/mol. The summed E-state index contributed by atoms with van der Waals surface area (Å²) in [5, 5.41) is 1.38. The summed E-state index contributed by atoms with van der Waals surface area (Å²) in [6, 6.07) is 6.92. The molecule has 22 heavy (non-hydrogen) atoms. The Balaban J connectivity index is 1.92. The van der Waals surface area contributed by atoms with Crippen molar-refractivity contribution in [1.82, 2.24) is 9.88 Å². The van der Waals surface area contributed by atoms with Gasteiger partial charge in [0.05, 0.1) is 11.5 Å². The number of nitrogens with one attached hydrogen (secondary N) is 1. The lowest BCUT2D eigenvalue weighted by molar-refractivity contribution is 0.0703. The third kappa shape index (κ3) is 2.73. The third-order valence-electron chi connectivity index (χ3n) is 4.09. The minimum Gasteiger partial charge on any atom is -0.350 e. The minimum atomic E-state index is -3.02. The van der Waals surface area contributed by atoms with E-state index in [1.165, 1.54) is 0 Å². The first-order valence-corrected chi connectivity index (χ1v) is 9.40. The molecular weight excluding hydrogens is 324 g/mol. The van der Waals surface area contributed by atoms with Crippen LogP contribution in [-0.2, 0) is 9.84 Å². The van der Waals surface area contributed by atoms with E-state index in [1.807, 2.05) is 19.1 Å². The monoisotopic (exact) mass is 340 g/mol. The van der Waals surface area contributed by atoms with E-state index in [4.69, 9.17) is 11.6 Å². The van der Waals surface area contributed by atoms with E-state index in [9.17, 15) is 13.2 Å². The molecular formula is C15H17ClN2O3S. The maximum absolute atomic E-state index is 12.7. The number of hydrogen-bond donors (Lipinski definition) is 1. The number of sulfone groups is 1. The lowest BCUT2D eigenvalue weighted by atomic mass is 10.2. The lowest BCUT2D eigenvalue weighted by Gasteiger charge is -2.26. The van der Waals surface area contributed by atoms with E-state index in [0.717, 1.165) is 10.9 Å². The number of aromatic nitrogens is 1. The molecule has 0 bridgehead atoms. The van der Waals surface area contributed by atoms with Crippen molar-refractivity contribution in [3.8, 4) is 0 Å². The molecule has 0 aliphatic carbocycles. The van der Waals surface area contributed by atoms with Crippen LogP contribution in [0.15, 0.2) is 24.3 Å². The van der Waals surface area contributed by atoms with Gasteiger partial charge >= 0.3 is 0 Å². The van der Waals surface area contributed by atoms with Gasteiger partial charge in [-0.1, -0.05) is 17.7 Å². The molecule has 1 N–H and O–H groups in total. The summed E-state index contributed by atoms with van der Waals surface area (Å²) in [4.78, 5) is 17.4. The van der Waals surface area contributed by atoms with Crippen molar-refractivity contribution in [3.05, 3.63) is 35.0 Å². The molecule has 1 aliphatic rings. The molecule has 1 aromatic carbocycles. The Bertz CT molecular complexity index is 828. The second-order valence-electron chi connectivity index (χ2n) is 5.53. The number of aromatic amines is 1. The molecule has 118 valence electrons. The molecule has 0 saturated carbocycles. The highest BCUT2D eigenvalue weighted by atomic mass is 35.5. The van der Waals surface area contributed by atoms with Crippen LogP contribution in [0.25, 0.3) is 10.9 Å². The fraction of sp³-hybridized carbons (Fsp3) is 0.400. The van der Waals surface area contributed by atoms with E-state index < -0.39 is 9.84 Å². The molecule has 1 unspecified atom stereocenters. The van der Waals surface area contributed by atoms with Gasteiger partial charge in [0, 0.05) is 28.5 Å². The van der Waals surface area contributed by atoms with Crippen LogP contribution in [0.3, 0.4) is 0 Å². The zero-order valence-corrected chi connectivity index (χ0v) is 13.7. The molecule has 1 saturated heterocycles. The van der Waals surface area contributed by atoms with E-state index in [-0.39, 0.29) is 23.5 Å². The van der Waals surface area contributed by atoms with Gasteiger partial charge in [-0.05, 0) is 31.5 Å². The molecule has 2 heterocycles. The van der Waals surface area contributed by atoms with Crippen molar-refractivity contribution in [2.45, 2.75) is 19.4 Å². The number of carbonyl (C=O) groups excluding carboxylic acids is 1. The van der Waals surface area contributed by atoms with Gasteiger partial charge in [0.1, 0.15) is 5.69 Å². The topological polar surface area (TPSA) is 70.2 Å². The SMILES string of the molecule is CCN(C(=O)c1cc2c(Cl)cccc2[nH]1)C1CCS(=O)(=O)C1. The molecule has 0 radical (unpaired) electrons. The van der Waals surface area contributed by atoms with Crippen LogP contribution in [0.4, 0.5) is 0 Å². The van der Waals surface area contributed by atoms with Gasteiger partial charge in [-0.15, -0.1) is 0 Å². The standard InChI is InChI=1S/C15H17ClN2O3S/c1-2-18(10-6-7-22(20,21)9-10)15(19)14-8-11-12(16)4-3-5-13(11)17-14/h3-5,8,10,17H,2,6-7,9H2,1H3. The van der Waals surface area contributed by atoms with E-state index in [0.29, 0.717) is 23.7 Å². The third-order valence-corrected chi connectivity index (χ3v) is 6.17. The molecule has 0 spiro atoms. The van der Waals surface area contributed by atoms with Crippen LogP contribution in [0.5, 0.6) is 0 Å². The van der Waals surface area contributed by atoms with Gasteiger partial charge in [0.15, 0.2) is 9.84 Å². The number of H-pyrrole nitrogens is 1. The van der Waals surface area contributed by atoms with Crippen LogP contribution in [-0.4, -0.2) is 48.3 Å². The van der Waals surface area contributed by atoms with Gasteiger partial charge < -0.3 is 9.88 Å². The smallest absolute Gasteiger partial charge is 0.270 e. The summed E-state index contributed by atoms with van der Waals surface area (Å²) in [6.07, 6.45) is 0.503. The van der Waals surface area contributed by atoms with Gasteiger partial charge in [0.25, 0.3) is 5.91 Å². The highest BCUT2D eigenvalue weighted by Crippen LogP contribution is 2.26. The van der Waals surface area contributed by atoms with Gasteiger partial charge in [0.2, 0.25) is 0 Å². The quantitative estimate of drug-likeness (QED) is 0.933. The van der Waals surface area contributed by atoms with Crippen molar-refractivity contribution in [3.63, 3.8) is 0 Å². The zero-order chi connectivity index (χ0) is 15.9. The Hall–Kier alpha value is -1.53. The Morgan fingerprint density at radius 2 is 2.23 bits per heavy atom. The molecule has 1 aliphatic heterocycles. The second-order valence-corrected chi connectivity index (χ2v) is 8.17. The number of carbonyl (C=O) groups is 1. The van der Waals surface area contributed by atoms with E-state index in [2.05, 4.69) is 4.98 Å². The number of benzene rings is 1. The van der Waals surface area contributed by atoms with Gasteiger partial charge in [-0.25, -0.2) is 8.42 Å². The predicted octanol–water partition coefficient (Wildman–Crippen LogP) is 2.47. The van der Waals surface area contributed by atoms with Crippen LogP contribution >= 0.6 is 11.6 Å². The summed E-state index contributed by atoms with van der Waals surface area (Å²) in [7, 11) is -3.02. The number of hydrogen-bond acceptors (Lipinski definition) is 3. The van der Waals surface area contributed by atoms with Crippen molar-refractivity contribution in [2.75, 3.05) is 18.1 Å². The first kappa shape index (κ1) is 15.4. The van der Waals surface area contributed by atoms with Crippen LogP contribution in [0.2, 0.25) is 5.02 Å². The molecule has 5 nitrogen and oxygen atoms in total.